The second-order valence-corrected chi connectivity index (χ2v) is 6.39. The third kappa shape index (κ3) is 2.09. The Hall–Kier alpha value is -3.38. The zero-order valence-corrected chi connectivity index (χ0v) is 14.1. The first-order valence-electron chi connectivity index (χ1n) is 7.94. The number of phenols is 1. The molecule has 0 saturated carbocycles. The van der Waals surface area contributed by atoms with Crippen molar-refractivity contribution in [2.75, 3.05) is 5.73 Å². The number of aromatic hydroxyl groups is 1. The Morgan fingerprint density at radius 1 is 1.04 bits per heavy atom. The minimum Gasteiger partial charge on any atom is -0.506 e. The van der Waals surface area contributed by atoms with E-state index in [1.54, 1.807) is 22.7 Å². The average Bonchev–Trinajstić information content (AvgIpc) is 2.99. The van der Waals surface area contributed by atoms with Crippen molar-refractivity contribution in [3.63, 3.8) is 0 Å². The fraction of sp³-hybridized carbons (Fsp3) is 0. The van der Waals surface area contributed by atoms with E-state index < -0.39 is 0 Å². The summed E-state index contributed by atoms with van der Waals surface area (Å²) in [5.74, 6) is 0.226. The molecule has 1 aliphatic heterocycles. The van der Waals surface area contributed by atoms with Gasteiger partial charge in [0.25, 0.3) is 0 Å². The van der Waals surface area contributed by atoms with E-state index in [2.05, 4.69) is 10.1 Å². The van der Waals surface area contributed by atoms with Crippen molar-refractivity contribution >= 4 is 34.5 Å². The normalized spacial score (nSPS) is 12.6. The first-order chi connectivity index (χ1) is 12.6. The highest BCUT2D eigenvalue weighted by Crippen LogP contribution is 2.38. The summed E-state index contributed by atoms with van der Waals surface area (Å²) >= 11 is 6.12. The summed E-state index contributed by atoms with van der Waals surface area (Å²) in [6, 6.07) is 14.7. The molecule has 0 radical (unpaired) electrons. The van der Waals surface area contributed by atoms with Crippen LogP contribution >= 0.6 is 11.6 Å². The average molecular weight is 362 g/mol. The maximum absolute atomic E-state index is 9.75. The van der Waals surface area contributed by atoms with Gasteiger partial charge in [-0.1, -0.05) is 29.8 Å². The molecular formula is C19H12ClN5O. The maximum atomic E-state index is 9.75. The Kier molecular flexibility index (Phi) is 3.05. The van der Waals surface area contributed by atoms with Crippen LogP contribution in [0.2, 0.25) is 5.02 Å². The summed E-state index contributed by atoms with van der Waals surface area (Å²) in [4.78, 5) is 9.35. The molecule has 126 valence electrons. The molecule has 0 atom stereocenters. The zero-order valence-electron chi connectivity index (χ0n) is 13.4. The number of fused-ring (bicyclic) bond motifs is 2. The van der Waals surface area contributed by atoms with E-state index in [1.165, 1.54) is 0 Å². The SMILES string of the molecule is Nc1nc2c3c(ccn3n1)C(c1ccc(O)c(Cl)c1)=Nc1ccccc1-2. The van der Waals surface area contributed by atoms with Crippen LogP contribution in [-0.4, -0.2) is 25.4 Å². The summed E-state index contributed by atoms with van der Waals surface area (Å²) in [6.45, 7) is 0. The van der Waals surface area contributed by atoms with Crippen LogP contribution in [0.15, 0.2) is 59.7 Å². The van der Waals surface area contributed by atoms with Gasteiger partial charge in [0, 0.05) is 22.9 Å². The number of halogens is 1. The van der Waals surface area contributed by atoms with Gasteiger partial charge in [-0.3, -0.25) is 0 Å². The number of aliphatic imine (C=N–C) groups is 1. The van der Waals surface area contributed by atoms with Gasteiger partial charge in [-0.15, -0.1) is 5.10 Å². The number of nitrogen functional groups attached to an aromatic ring is 1. The fourth-order valence-electron chi connectivity index (χ4n) is 3.25. The van der Waals surface area contributed by atoms with Crippen LogP contribution in [0.4, 0.5) is 11.6 Å². The van der Waals surface area contributed by atoms with Gasteiger partial charge in [-0.2, -0.15) is 0 Å². The number of para-hydroxylation sites is 1. The van der Waals surface area contributed by atoms with E-state index in [0.717, 1.165) is 39.3 Å². The van der Waals surface area contributed by atoms with Crippen LogP contribution in [0.3, 0.4) is 0 Å². The summed E-state index contributed by atoms with van der Waals surface area (Å²) in [5, 5.41) is 14.3. The standard InChI is InChI=1S/C19H12ClN5O/c20-13-9-10(5-6-15(13)26)16-12-7-8-25-18(12)17(23-19(21)24-25)11-3-1-2-4-14(11)22-16/h1-9,26H,(H2,21,24). The molecule has 6 nitrogen and oxygen atoms in total. The number of nitrogens with two attached hydrogens (primary N) is 1. The number of hydrogen-bond acceptors (Lipinski definition) is 5. The van der Waals surface area contributed by atoms with Crippen molar-refractivity contribution in [2.24, 2.45) is 4.99 Å². The molecule has 3 heterocycles. The second-order valence-electron chi connectivity index (χ2n) is 5.98. The van der Waals surface area contributed by atoms with Crippen LogP contribution in [0.25, 0.3) is 16.8 Å². The van der Waals surface area contributed by atoms with Gasteiger partial charge in [0.05, 0.1) is 16.4 Å². The largest absolute Gasteiger partial charge is 0.506 e. The van der Waals surface area contributed by atoms with E-state index in [0.29, 0.717) is 0 Å². The van der Waals surface area contributed by atoms with Crippen LogP contribution in [0, 0.1) is 0 Å². The van der Waals surface area contributed by atoms with Gasteiger partial charge >= 0.3 is 0 Å². The molecule has 26 heavy (non-hydrogen) atoms. The van der Waals surface area contributed by atoms with Crippen molar-refractivity contribution in [3.05, 3.63) is 70.9 Å². The number of benzene rings is 2. The third-order valence-electron chi connectivity index (χ3n) is 4.40. The predicted molar refractivity (Wildman–Crippen MR) is 101 cm³/mol. The highest BCUT2D eigenvalue weighted by atomic mass is 35.5. The maximum Gasteiger partial charge on any atom is 0.238 e. The summed E-state index contributed by atoms with van der Waals surface area (Å²) < 4.78 is 1.71. The van der Waals surface area contributed by atoms with E-state index in [1.807, 2.05) is 36.5 Å². The molecule has 0 aliphatic carbocycles. The van der Waals surface area contributed by atoms with E-state index in [9.17, 15) is 5.11 Å². The highest BCUT2D eigenvalue weighted by Gasteiger charge is 2.23. The van der Waals surface area contributed by atoms with Gasteiger partial charge in [0.1, 0.15) is 17.0 Å². The lowest BCUT2D eigenvalue weighted by molar-refractivity contribution is 0.475. The van der Waals surface area contributed by atoms with Crippen molar-refractivity contribution in [2.45, 2.75) is 0 Å². The highest BCUT2D eigenvalue weighted by molar-refractivity contribution is 6.33. The Bertz CT molecular complexity index is 1230. The van der Waals surface area contributed by atoms with Crippen LogP contribution in [0.5, 0.6) is 5.75 Å². The molecule has 0 saturated heterocycles. The van der Waals surface area contributed by atoms with E-state index in [4.69, 9.17) is 22.3 Å². The van der Waals surface area contributed by atoms with Gasteiger partial charge in [-0.25, -0.2) is 14.5 Å². The van der Waals surface area contributed by atoms with Gasteiger partial charge < -0.3 is 10.8 Å². The second kappa shape index (κ2) is 5.31. The fourth-order valence-corrected chi connectivity index (χ4v) is 3.43. The van der Waals surface area contributed by atoms with Gasteiger partial charge in [0.15, 0.2) is 0 Å². The Morgan fingerprint density at radius 3 is 2.73 bits per heavy atom. The van der Waals surface area contributed by atoms with E-state index >= 15 is 0 Å². The predicted octanol–water partition coefficient (Wildman–Crippen LogP) is 3.82. The first-order valence-corrected chi connectivity index (χ1v) is 8.32. The molecule has 4 aromatic rings. The minimum atomic E-state index is 0.0311. The van der Waals surface area contributed by atoms with Crippen LogP contribution in [-0.2, 0) is 0 Å². The lowest BCUT2D eigenvalue weighted by atomic mass is 10.0. The number of phenolic OH excluding ortho intramolecular Hbond substituents is 1. The van der Waals surface area contributed by atoms with Crippen LogP contribution in [0.1, 0.15) is 11.1 Å². The molecule has 0 amide bonds. The molecule has 2 aromatic heterocycles. The molecular weight excluding hydrogens is 350 g/mol. The van der Waals surface area contributed by atoms with Gasteiger partial charge in [0.2, 0.25) is 5.95 Å². The number of rotatable bonds is 1. The monoisotopic (exact) mass is 361 g/mol. The lowest BCUT2D eigenvalue weighted by Crippen LogP contribution is -2.05. The number of aromatic nitrogens is 3. The van der Waals surface area contributed by atoms with E-state index in [-0.39, 0.29) is 16.7 Å². The first kappa shape index (κ1) is 14.9. The smallest absolute Gasteiger partial charge is 0.238 e. The van der Waals surface area contributed by atoms with Crippen molar-refractivity contribution in [3.8, 4) is 17.0 Å². The van der Waals surface area contributed by atoms with Crippen molar-refractivity contribution in [1.82, 2.24) is 14.6 Å². The number of nitrogens with zero attached hydrogens (tertiary/aromatic N) is 4. The lowest BCUT2D eigenvalue weighted by Gasteiger charge is -2.07. The number of anilines is 1. The van der Waals surface area contributed by atoms with Crippen molar-refractivity contribution in [1.29, 1.82) is 0 Å². The summed E-state index contributed by atoms with van der Waals surface area (Å²) in [5.41, 5.74) is 11.5. The summed E-state index contributed by atoms with van der Waals surface area (Å²) in [7, 11) is 0. The Labute approximate surface area is 153 Å². The Morgan fingerprint density at radius 2 is 1.88 bits per heavy atom. The molecule has 0 fully saturated rings. The molecule has 0 bridgehead atoms. The molecule has 1 aliphatic rings. The molecule has 0 spiro atoms. The minimum absolute atomic E-state index is 0.0311. The van der Waals surface area contributed by atoms with Crippen LogP contribution < -0.4 is 5.73 Å². The quantitative estimate of drug-likeness (QED) is 0.475. The number of hydrogen-bond donors (Lipinski definition) is 2. The Balaban J connectivity index is 1.91. The van der Waals surface area contributed by atoms with Gasteiger partial charge in [-0.05, 0) is 30.3 Å². The third-order valence-corrected chi connectivity index (χ3v) is 4.70. The molecule has 3 N–H and O–H groups in total. The summed E-state index contributed by atoms with van der Waals surface area (Å²) in [6.07, 6.45) is 1.83. The zero-order chi connectivity index (χ0) is 17.8. The topological polar surface area (TPSA) is 88.8 Å². The van der Waals surface area contributed by atoms with Crippen molar-refractivity contribution < 1.29 is 5.11 Å². The molecule has 7 heteroatoms. The molecule has 5 rings (SSSR count). The molecule has 2 aromatic carbocycles. The molecule has 0 unspecified atom stereocenters.